The molecule has 0 bridgehead atoms. The fraction of sp³-hybridized carbons (Fsp3) is 0.214. The third-order valence-corrected chi connectivity index (χ3v) is 3.41. The quantitative estimate of drug-likeness (QED) is 0.624. The van der Waals surface area contributed by atoms with E-state index >= 15 is 0 Å². The van der Waals surface area contributed by atoms with E-state index in [9.17, 15) is 4.79 Å². The Morgan fingerprint density at radius 1 is 1.11 bits per heavy atom. The maximum Gasteiger partial charge on any atom is 0.188 e. The third kappa shape index (κ3) is 2.57. The van der Waals surface area contributed by atoms with Crippen LogP contribution in [0.15, 0.2) is 28.7 Å². The average Bonchev–Trinajstić information content (AvgIpc) is 2.45. The number of rotatable bonds is 5. The first-order valence-corrected chi connectivity index (χ1v) is 6.38. The number of carbonyl (C=O) groups is 1. The summed E-state index contributed by atoms with van der Waals surface area (Å²) in [6.07, 6.45) is 0.812. The Kier molecular flexibility index (Phi) is 4.39. The summed E-state index contributed by atoms with van der Waals surface area (Å²) in [4.78, 5) is 11.2. The summed E-state index contributed by atoms with van der Waals surface area (Å²) in [5.74, 6) is 1.26. The molecule has 0 aliphatic carbocycles. The molecule has 0 aliphatic heterocycles. The van der Waals surface area contributed by atoms with Gasteiger partial charge in [-0.3, -0.25) is 4.79 Å². The molecule has 19 heavy (non-hydrogen) atoms. The van der Waals surface area contributed by atoms with E-state index in [0.717, 1.165) is 21.5 Å². The molecule has 0 amide bonds. The molecule has 0 atom stereocenters. The molecule has 2 aromatic carbocycles. The Hall–Kier alpha value is -1.59. The molecule has 0 spiro atoms. The van der Waals surface area contributed by atoms with Gasteiger partial charge in [0.25, 0.3) is 0 Å². The smallest absolute Gasteiger partial charge is 0.188 e. The van der Waals surface area contributed by atoms with Crippen molar-refractivity contribution in [3.05, 3.63) is 34.3 Å². The van der Waals surface area contributed by atoms with Crippen molar-refractivity contribution in [3.8, 4) is 11.5 Å². The summed E-state index contributed by atoms with van der Waals surface area (Å²) in [5.41, 5.74) is 0.575. The number of benzene rings is 2. The van der Waals surface area contributed by atoms with Crippen LogP contribution >= 0.6 is 15.9 Å². The monoisotopic (exact) mass is 324 g/mol. The number of hydrogen-bond donors (Lipinski definition) is 0. The molecular formula is C14H13BrO4. The molecule has 0 unspecified atom stereocenters. The van der Waals surface area contributed by atoms with Gasteiger partial charge in [0, 0.05) is 22.5 Å². The number of aldehydes is 1. The predicted octanol–water partition coefficient (Wildman–Crippen LogP) is 3.41. The summed E-state index contributed by atoms with van der Waals surface area (Å²) < 4.78 is 16.6. The molecule has 4 nitrogen and oxygen atoms in total. The second-order valence-electron chi connectivity index (χ2n) is 3.82. The van der Waals surface area contributed by atoms with E-state index in [2.05, 4.69) is 15.9 Å². The standard InChI is InChI=1S/C14H13BrO4/c1-17-8-19-12-5-3-9(7-16)13-10(15)4-6-11(18-2)14(12)13/h3-7H,8H2,1-2H3. The molecule has 0 saturated carbocycles. The van der Waals surface area contributed by atoms with Crippen LogP contribution in [0.1, 0.15) is 10.4 Å². The minimum atomic E-state index is 0.130. The van der Waals surface area contributed by atoms with Crippen LogP contribution in [0.5, 0.6) is 11.5 Å². The van der Waals surface area contributed by atoms with Crippen molar-refractivity contribution in [1.29, 1.82) is 0 Å². The first-order valence-electron chi connectivity index (χ1n) is 5.59. The molecule has 0 radical (unpaired) electrons. The Labute approximate surface area is 119 Å². The van der Waals surface area contributed by atoms with Gasteiger partial charge < -0.3 is 14.2 Å². The Bertz CT molecular complexity index is 610. The summed E-state index contributed by atoms with van der Waals surface area (Å²) in [7, 11) is 3.13. The molecule has 0 heterocycles. The normalized spacial score (nSPS) is 10.5. The largest absolute Gasteiger partial charge is 0.496 e. The van der Waals surface area contributed by atoms with Crippen LogP contribution in [0.3, 0.4) is 0 Å². The molecule has 0 aromatic heterocycles. The van der Waals surface area contributed by atoms with Gasteiger partial charge in [0.2, 0.25) is 0 Å². The zero-order chi connectivity index (χ0) is 13.8. The lowest BCUT2D eigenvalue weighted by molar-refractivity contribution is 0.0521. The van der Waals surface area contributed by atoms with Gasteiger partial charge in [0.1, 0.15) is 11.5 Å². The van der Waals surface area contributed by atoms with Crippen LogP contribution in [0.4, 0.5) is 0 Å². The Balaban J connectivity index is 2.77. The van der Waals surface area contributed by atoms with Gasteiger partial charge in [-0.2, -0.15) is 0 Å². The highest BCUT2D eigenvalue weighted by Gasteiger charge is 2.14. The number of ether oxygens (including phenoxy) is 3. The minimum absolute atomic E-state index is 0.130. The highest BCUT2D eigenvalue weighted by Crippen LogP contribution is 2.39. The molecule has 100 valence electrons. The number of methoxy groups -OCH3 is 2. The van der Waals surface area contributed by atoms with E-state index in [1.54, 1.807) is 26.4 Å². The summed E-state index contributed by atoms with van der Waals surface area (Å²) in [6, 6.07) is 7.11. The van der Waals surface area contributed by atoms with Crippen molar-refractivity contribution in [2.45, 2.75) is 0 Å². The van der Waals surface area contributed by atoms with Crippen LogP contribution in [-0.2, 0) is 4.74 Å². The van der Waals surface area contributed by atoms with Crippen molar-refractivity contribution in [2.24, 2.45) is 0 Å². The van der Waals surface area contributed by atoms with Crippen molar-refractivity contribution in [3.63, 3.8) is 0 Å². The van der Waals surface area contributed by atoms with Crippen molar-refractivity contribution < 1.29 is 19.0 Å². The molecule has 5 heteroatoms. The van der Waals surface area contributed by atoms with Crippen LogP contribution in [0.2, 0.25) is 0 Å². The van der Waals surface area contributed by atoms with E-state index in [1.807, 2.05) is 12.1 Å². The maximum atomic E-state index is 11.2. The zero-order valence-corrected chi connectivity index (χ0v) is 12.2. The topological polar surface area (TPSA) is 44.8 Å². The van der Waals surface area contributed by atoms with E-state index in [1.165, 1.54) is 0 Å². The van der Waals surface area contributed by atoms with E-state index in [0.29, 0.717) is 17.1 Å². The second-order valence-corrected chi connectivity index (χ2v) is 4.68. The SMILES string of the molecule is COCOc1ccc(C=O)c2c(Br)ccc(OC)c12. The Morgan fingerprint density at radius 2 is 1.84 bits per heavy atom. The van der Waals surface area contributed by atoms with Crippen LogP contribution in [0.25, 0.3) is 10.8 Å². The van der Waals surface area contributed by atoms with Gasteiger partial charge >= 0.3 is 0 Å². The fourth-order valence-corrected chi connectivity index (χ4v) is 2.49. The minimum Gasteiger partial charge on any atom is -0.496 e. The molecular weight excluding hydrogens is 312 g/mol. The van der Waals surface area contributed by atoms with E-state index < -0.39 is 0 Å². The molecule has 0 fully saturated rings. The average molecular weight is 325 g/mol. The van der Waals surface area contributed by atoms with Gasteiger partial charge in [0.15, 0.2) is 13.1 Å². The summed E-state index contributed by atoms with van der Waals surface area (Å²) in [6.45, 7) is 0.130. The van der Waals surface area contributed by atoms with Crippen molar-refractivity contribution >= 4 is 33.0 Å². The van der Waals surface area contributed by atoms with Gasteiger partial charge in [-0.15, -0.1) is 0 Å². The molecule has 2 rings (SSSR count). The lowest BCUT2D eigenvalue weighted by Gasteiger charge is -2.14. The lowest BCUT2D eigenvalue weighted by atomic mass is 10.0. The van der Waals surface area contributed by atoms with Crippen molar-refractivity contribution in [1.82, 2.24) is 0 Å². The second kappa shape index (κ2) is 6.04. The predicted molar refractivity (Wildman–Crippen MR) is 76.1 cm³/mol. The fourth-order valence-electron chi connectivity index (χ4n) is 1.93. The highest BCUT2D eigenvalue weighted by molar-refractivity contribution is 9.10. The molecule has 0 aliphatic rings. The molecule has 0 N–H and O–H groups in total. The Morgan fingerprint density at radius 3 is 2.47 bits per heavy atom. The maximum absolute atomic E-state index is 11.2. The van der Waals surface area contributed by atoms with Gasteiger partial charge in [0.05, 0.1) is 12.5 Å². The summed E-state index contributed by atoms with van der Waals surface area (Å²) >= 11 is 3.45. The number of hydrogen-bond acceptors (Lipinski definition) is 4. The van der Waals surface area contributed by atoms with Gasteiger partial charge in [-0.1, -0.05) is 15.9 Å². The van der Waals surface area contributed by atoms with E-state index in [-0.39, 0.29) is 6.79 Å². The van der Waals surface area contributed by atoms with E-state index in [4.69, 9.17) is 14.2 Å². The number of carbonyl (C=O) groups excluding carboxylic acids is 1. The zero-order valence-electron chi connectivity index (χ0n) is 10.6. The van der Waals surface area contributed by atoms with Gasteiger partial charge in [-0.25, -0.2) is 0 Å². The third-order valence-electron chi connectivity index (χ3n) is 2.74. The summed E-state index contributed by atoms with van der Waals surface area (Å²) in [5, 5.41) is 1.52. The molecule has 2 aromatic rings. The lowest BCUT2D eigenvalue weighted by Crippen LogP contribution is -2.01. The van der Waals surface area contributed by atoms with Crippen LogP contribution in [-0.4, -0.2) is 27.3 Å². The van der Waals surface area contributed by atoms with Crippen molar-refractivity contribution in [2.75, 3.05) is 21.0 Å². The van der Waals surface area contributed by atoms with Crippen LogP contribution < -0.4 is 9.47 Å². The molecule has 0 saturated heterocycles. The first kappa shape index (κ1) is 13.8. The van der Waals surface area contributed by atoms with Crippen LogP contribution in [0, 0.1) is 0 Å². The first-order chi connectivity index (χ1) is 9.22. The number of halogens is 1. The van der Waals surface area contributed by atoms with Gasteiger partial charge in [-0.05, 0) is 24.3 Å². The number of fused-ring (bicyclic) bond motifs is 1. The highest BCUT2D eigenvalue weighted by atomic mass is 79.9.